The largest absolute Gasteiger partial charge is 0.388 e. The standard InChI is InChI=1S/C10H9N5O3S2/c11-10(19)7-2-1-6(5-12-7)20(17,18)15-8-3-4-9(16)14-13-8/h1-5H,(H2,11,19)(H,13,15)(H,14,16). The maximum absolute atomic E-state index is 12.0. The van der Waals surface area contributed by atoms with Crippen LogP contribution in [0.25, 0.3) is 0 Å². The van der Waals surface area contributed by atoms with Crippen molar-refractivity contribution >= 4 is 33.0 Å². The number of thiocarbonyl (C=S) groups is 1. The van der Waals surface area contributed by atoms with E-state index in [4.69, 9.17) is 18.0 Å². The van der Waals surface area contributed by atoms with Crippen LogP contribution in [0.15, 0.2) is 40.2 Å². The fourth-order valence-electron chi connectivity index (χ4n) is 1.28. The van der Waals surface area contributed by atoms with E-state index >= 15 is 0 Å². The molecule has 0 amide bonds. The molecule has 2 aromatic rings. The minimum absolute atomic E-state index is 0.0111. The predicted molar refractivity (Wildman–Crippen MR) is 75.8 cm³/mol. The SMILES string of the molecule is NC(=S)c1ccc(S(=O)(=O)Nc2ccc(=O)[nH]n2)cn1. The highest BCUT2D eigenvalue weighted by atomic mass is 32.2. The van der Waals surface area contributed by atoms with Crippen molar-refractivity contribution in [2.75, 3.05) is 4.72 Å². The Labute approximate surface area is 119 Å². The lowest BCUT2D eigenvalue weighted by Crippen LogP contribution is -2.17. The van der Waals surface area contributed by atoms with Gasteiger partial charge in [-0.3, -0.25) is 14.5 Å². The molecule has 0 aromatic carbocycles. The number of hydrogen-bond donors (Lipinski definition) is 3. The number of nitrogens with one attached hydrogen (secondary N) is 2. The lowest BCUT2D eigenvalue weighted by molar-refractivity contribution is 0.600. The first-order valence-corrected chi connectivity index (χ1v) is 7.12. The van der Waals surface area contributed by atoms with Crippen molar-refractivity contribution in [2.45, 2.75) is 4.90 Å². The van der Waals surface area contributed by atoms with Crippen LogP contribution in [0, 0.1) is 0 Å². The van der Waals surface area contributed by atoms with Crippen LogP contribution in [0.4, 0.5) is 5.82 Å². The van der Waals surface area contributed by atoms with E-state index in [-0.39, 0.29) is 15.7 Å². The molecule has 2 aromatic heterocycles. The Kier molecular flexibility index (Phi) is 3.77. The number of anilines is 1. The molecule has 0 saturated carbocycles. The molecule has 4 N–H and O–H groups in total. The summed E-state index contributed by atoms with van der Waals surface area (Å²) in [6.07, 6.45) is 1.13. The number of rotatable bonds is 4. The molecule has 0 aliphatic rings. The van der Waals surface area contributed by atoms with Gasteiger partial charge < -0.3 is 5.73 Å². The Morgan fingerprint density at radius 1 is 1.30 bits per heavy atom. The van der Waals surface area contributed by atoms with Crippen LogP contribution in [-0.2, 0) is 10.0 Å². The van der Waals surface area contributed by atoms with Crippen LogP contribution in [0.2, 0.25) is 0 Å². The minimum Gasteiger partial charge on any atom is -0.388 e. The van der Waals surface area contributed by atoms with Gasteiger partial charge in [0.2, 0.25) is 0 Å². The number of H-pyrrole nitrogens is 1. The highest BCUT2D eigenvalue weighted by Gasteiger charge is 2.15. The van der Waals surface area contributed by atoms with Crippen molar-refractivity contribution in [3.8, 4) is 0 Å². The van der Waals surface area contributed by atoms with Gasteiger partial charge in [0.15, 0.2) is 5.82 Å². The minimum atomic E-state index is -3.85. The van der Waals surface area contributed by atoms with Gasteiger partial charge >= 0.3 is 0 Å². The van der Waals surface area contributed by atoms with E-state index in [1.165, 1.54) is 18.2 Å². The van der Waals surface area contributed by atoms with Gasteiger partial charge in [0, 0.05) is 12.3 Å². The quantitative estimate of drug-likeness (QED) is 0.655. The fourth-order valence-corrected chi connectivity index (χ4v) is 2.35. The zero-order chi connectivity index (χ0) is 14.8. The maximum Gasteiger partial charge on any atom is 0.264 e. The van der Waals surface area contributed by atoms with Crippen LogP contribution >= 0.6 is 12.2 Å². The van der Waals surface area contributed by atoms with E-state index in [0.717, 1.165) is 12.3 Å². The van der Waals surface area contributed by atoms with Crippen LogP contribution < -0.4 is 16.0 Å². The summed E-state index contributed by atoms with van der Waals surface area (Å²) in [5.41, 5.74) is 5.26. The first-order chi connectivity index (χ1) is 9.38. The van der Waals surface area contributed by atoms with Crippen LogP contribution in [0.3, 0.4) is 0 Å². The summed E-state index contributed by atoms with van der Waals surface area (Å²) in [6.45, 7) is 0. The number of hydrogen-bond acceptors (Lipinski definition) is 6. The van der Waals surface area contributed by atoms with Crippen LogP contribution in [0.5, 0.6) is 0 Å². The second kappa shape index (κ2) is 5.35. The first kappa shape index (κ1) is 14.1. The molecule has 20 heavy (non-hydrogen) atoms. The van der Waals surface area contributed by atoms with E-state index in [1.54, 1.807) is 0 Å². The van der Waals surface area contributed by atoms with E-state index in [1.807, 2.05) is 0 Å². The van der Waals surface area contributed by atoms with Crippen molar-refractivity contribution in [3.63, 3.8) is 0 Å². The summed E-state index contributed by atoms with van der Waals surface area (Å²) in [5, 5.41) is 5.66. The number of pyridine rings is 1. The van der Waals surface area contributed by atoms with Crippen molar-refractivity contribution in [1.29, 1.82) is 0 Å². The van der Waals surface area contributed by atoms with E-state index in [0.29, 0.717) is 5.69 Å². The molecule has 2 heterocycles. The second-order valence-corrected chi connectivity index (χ2v) is 5.78. The monoisotopic (exact) mass is 311 g/mol. The number of aromatic amines is 1. The van der Waals surface area contributed by atoms with Gasteiger partial charge in [-0.25, -0.2) is 13.5 Å². The van der Waals surface area contributed by atoms with Gasteiger partial charge in [0.05, 0.1) is 5.69 Å². The number of nitrogens with two attached hydrogens (primary N) is 1. The average molecular weight is 311 g/mol. The zero-order valence-electron chi connectivity index (χ0n) is 9.90. The topological polar surface area (TPSA) is 131 Å². The van der Waals surface area contributed by atoms with Crippen molar-refractivity contribution in [3.05, 3.63) is 46.5 Å². The normalized spacial score (nSPS) is 11.0. The van der Waals surface area contributed by atoms with Gasteiger partial charge in [-0.2, -0.15) is 5.10 Å². The molecule has 10 heteroatoms. The smallest absolute Gasteiger partial charge is 0.264 e. The first-order valence-electron chi connectivity index (χ1n) is 5.23. The molecule has 2 rings (SSSR count). The van der Waals surface area contributed by atoms with Crippen LogP contribution in [-0.4, -0.2) is 28.6 Å². The molecule has 0 radical (unpaired) electrons. The summed E-state index contributed by atoms with van der Waals surface area (Å²) in [6, 6.07) is 5.11. The molecule has 8 nitrogen and oxygen atoms in total. The highest BCUT2D eigenvalue weighted by Crippen LogP contribution is 2.12. The maximum atomic E-state index is 12.0. The molecule has 0 aliphatic carbocycles. The third-order valence-corrected chi connectivity index (χ3v) is 3.77. The molecule has 0 spiro atoms. The molecular weight excluding hydrogens is 302 g/mol. The predicted octanol–water partition coefficient (Wildman–Crippen LogP) is -0.400. The lowest BCUT2D eigenvalue weighted by Gasteiger charge is -2.06. The number of nitrogens with zero attached hydrogens (tertiary/aromatic N) is 2. The Balaban J connectivity index is 2.28. The Bertz CT molecular complexity index is 778. The number of sulfonamides is 1. The van der Waals surface area contributed by atoms with Crippen molar-refractivity contribution in [2.24, 2.45) is 5.73 Å². The molecule has 0 saturated heterocycles. The van der Waals surface area contributed by atoms with E-state index in [2.05, 4.69) is 19.9 Å². The van der Waals surface area contributed by atoms with Gasteiger partial charge in [0.25, 0.3) is 15.6 Å². The molecule has 0 unspecified atom stereocenters. The Hall–Kier alpha value is -2.33. The van der Waals surface area contributed by atoms with Gasteiger partial charge in [-0.1, -0.05) is 12.2 Å². The summed E-state index contributed by atoms with van der Waals surface area (Å²) in [4.78, 5) is 14.7. The molecule has 0 atom stereocenters. The average Bonchev–Trinajstić information content (AvgIpc) is 2.41. The zero-order valence-corrected chi connectivity index (χ0v) is 11.5. The molecule has 0 fully saturated rings. The fraction of sp³-hybridized carbons (Fsp3) is 0. The van der Waals surface area contributed by atoms with E-state index in [9.17, 15) is 13.2 Å². The highest BCUT2D eigenvalue weighted by molar-refractivity contribution is 7.92. The number of aromatic nitrogens is 3. The van der Waals surface area contributed by atoms with Crippen molar-refractivity contribution in [1.82, 2.24) is 15.2 Å². The van der Waals surface area contributed by atoms with Crippen LogP contribution in [0.1, 0.15) is 5.69 Å². The van der Waals surface area contributed by atoms with Crippen molar-refractivity contribution < 1.29 is 8.42 Å². The summed E-state index contributed by atoms with van der Waals surface area (Å²) >= 11 is 4.72. The summed E-state index contributed by atoms with van der Waals surface area (Å²) in [5.74, 6) is -0.0111. The second-order valence-electron chi connectivity index (χ2n) is 3.66. The lowest BCUT2D eigenvalue weighted by atomic mass is 10.3. The summed E-state index contributed by atoms with van der Waals surface area (Å²) < 4.78 is 26.2. The Morgan fingerprint density at radius 3 is 2.55 bits per heavy atom. The van der Waals surface area contributed by atoms with Gasteiger partial charge in [-0.05, 0) is 18.2 Å². The Morgan fingerprint density at radius 2 is 2.05 bits per heavy atom. The summed E-state index contributed by atoms with van der Waals surface area (Å²) in [7, 11) is -3.85. The molecule has 0 bridgehead atoms. The van der Waals surface area contributed by atoms with Gasteiger partial charge in [-0.15, -0.1) is 0 Å². The van der Waals surface area contributed by atoms with Gasteiger partial charge in [0.1, 0.15) is 9.88 Å². The molecular formula is C10H9N5O3S2. The third-order valence-electron chi connectivity index (χ3n) is 2.22. The third kappa shape index (κ3) is 3.16. The molecule has 0 aliphatic heterocycles. The molecule has 104 valence electrons. The van der Waals surface area contributed by atoms with E-state index < -0.39 is 15.6 Å².